The lowest BCUT2D eigenvalue weighted by Gasteiger charge is -2.07. The molecule has 37 heavy (non-hydrogen) atoms. The first-order valence-corrected chi connectivity index (χ1v) is 12.9. The van der Waals surface area contributed by atoms with E-state index in [1.54, 1.807) is 61.7 Å². The Kier molecular flexibility index (Phi) is 8.23. The third kappa shape index (κ3) is 5.82. The summed E-state index contributed by atoms with van der Waals surface area (Å²) in [5, 5.41) is 12.7. The molecule has 4 aromatic rings. The molecule has 0 aliphatic heterocycles. The van der Waals surface area contributed by atoms with Gasteiger partial charge in [-0.1, -0.05) is 34.1 Å². The van der Waals surface area contributed by atoms with Gasteiger partial charge in [-0.3, -0.25) is 14.2 Å². The Morgan fingerprint density at radius 1 is 1.14 bits per heavy atom. The van der Waals surface area contributed by atoms with E-state index < -0.39 is 5.91 Å². The van der Waals surface area contributed by atoms with E-state index in [1.807, 2.05) is 37.3 Å². The number of nitrogens with one attached hydrogen (secondary N) is 1. The Hall–Kier alpha value is -4.13. The lowest BCUT2D eigenvalue weighted by molar-refractivity contribution is -0.111. The molecule has 0 aliphatic rings. The summed E-state index contributed by atoms with van der Waals surface area (Å²) in [6.45, 7) is 2.34. The number of para-hydroxylation sites is 1. The van der Waals surface area contributed by atoms with Gasteiger partial charge in [0.1, 0.15) is 22.2 Å². The number of carbonyl (C=O) groups is 1. The predicted octanol–water partition coefficient (Wildman–Crippen LogP) is 4.21. The Labute approximate surface area is 225 Å². The molecule has 0 atom stereocenters. The van der Waals surface area contributed by atoms with Crippen LogP contribution < -0.4 is 29.5 Å². The molecule has 3 aromatic carbocycles. The third-order valence-corrected chi connectivity index (χ3v) is 6.88. The van der Waals surface area contributed by atoms with Crippen LogP contribution in [0.1, 0.15) is 12.5 Å². The third-order valence-electron chi connectivity index (χ3n) is 5.30. The van der Waals surface area contributed by atoms with Gasteiger partial charge in [-0.15, -0.1) is 11.3 Å². The van der Waals surface area contributed by atoms with Crippen molar-refractivity contribution in [3.05, 3.63) is 102 Å². The smallest absolute Gasteiger partial charge is 0.273 e. The maximum atomic E-state index is 13.6. The monoisotopic (exact) mass is 575 g/mol. The molecule has 186 valence electrons. The summed E-state index contributed by atoms with van der Waals surface area (Å²) in [6, 6.07) is 23.2. The molecule has 7 nitrogen and oxygen atoms in total. The van der Waals surface area contributed by atoms with Crippen molar-refractivity contribution in [1.29, 1.82) is 5.26 Å². The Morgan fingerprint density at radius 3 is 2.51 bits per heavy atom. The second-order valence-electron chi connectivity index (χ2n) is 7.68. The summed E-state index contributed by atoms with van der Waals surface area (Å²) in [7, 11) is 1.55. The first kappa shape index (κ1) is 25.9. The second kappa shape index (κ2) is 11.7. The molecular weight excluding hydrogens is 554 g/mol. The number of hydrogen-bond donors (Lipinski definition) is 1. The van der Waals surface area contributed by atoms with E-state index in [0.29, 0.717) is 39.6 Å². The van der Waals surface area contributed by atoms with Gasteiger partial charge in [0, 0.05) is 15.7 Å². The van der Waals surface area contributed by atoms with Gasteiger partial charge in [-0.2, -0.15) is 5.26 Å². The van der Waals surface area contributed by atoms with Gasteiger partial charge in [0.25, 0.3) is 11.5 Å². The molecule has 0 unspecified atom stereocenters. The number of rotatable bonds is 7. The molecule has 1 N–H and O–H groups in total. The summed E-state index contributed by atoms with van der Waals surface area (Å²) in [6.07, 6.45) is 1.71. The number of methoxy groups -OCH3 is 1. The minimum absolute atomic E-state index is 0.180. The maximum absolute atomic E-state index is 13.6. The highest BCUT2D eigenvalue weighted by Crippen LogP contribution is 2.24. The number of nitriles is 1. The fourth-order valence-corrected chi connectivity index (χ4v) is 5.06. The van der Waals surface area contributed by atoms with Crippen LogP contribution in [0.15, 0.2) is 82.1 Å². The van der Waals surface area contributed by atoms with Crippen molar-refractivity contribution >= 4 is 50.5 Å². The number of thiazole rings is 1. The van der Waals surface area contributed by atoms with Crippen LogP contribution in [0.2, 0.25) is 0 Å². The molecule has 1 heterocycles. The minimum Gasteiger partial charge on any atom is -0.497 e. The van der Waals surface area contributed by atoms with Gasteiger partial charge in [-0.05, 0) is 67.6 Å². The largest absolute Gasteiger partial charge is 0.497 e. The molecule has 0 spiro atoms. The summed E-state index contributed by atoms with van der Waals surface area (Å²) in [4.78, 5) is 26.8. The summed E-state index contributed by atoms with van der Waals surface area (Å²) in [5.41, 5.74) is 1.20. The lowest BCUT2D eigenvalue weighted by atomic mass is 10.2. The number of carbonyl (C=O) groups excluding carboxylic acids is 1. The van der Waals surface area contributed by atoms with Crippen LogP contribution in [0, 0.1) is 11.3 Å². The number of ether oxygens (including phenoxy) is 2. The average Bonchev–Trinajstić information content (AvgIpc) is 3.22. The van der Waals surface area contributed by atoms with Crippen molar-refractivity contribution in [3.63, 3.8) is 0 Å². The standard InChI is InChI=1S/C28H22BrN3O4S/c1-3-36-24-14-9-19(29)15-18(24)16-25-27(34)32(21-7-5-4-6-8-21)28(37-25)23(17-30)26(33)31-20-10-12-22(35-2)13-11-20/h4-16H,3H2,1-2H3,(H,31,33)/b25-16+,28-23+. The van der Waals surface area contributed by atoms with Gasteiger partial charge in [0.15, 0.2) is 5.57 Å². The van der Waals surface area contributed by atoms with Crippen LogP contribution in [0.4, 0.5) is 5.69 Å². The number of amides is 1. The molecule has 1 aromatic heterocycles. The SMILES string of the molecule is CCOc1ccc(Br)cc1/C=c1/s/c(=C(\C#N)C(=O)Nc2ccc(OC)cc2)n(-c2ccccc2)c1=O. The van der Waals surface area contributed by atoms with E-state index >= 15 is 0 Å². The Balaban J connectivity index is 1.93. The van der Waals surface area contributed by atoms with Crippen molar-refractivity contribution in [3.8, 4) is 23.3 Å². The number of anilines is 1. The van der Waals surface area contributed by atoms with Crippen molar-refractivity contribution in [2.45, 2.75) is 6.92 Å². The number of aromatic nitrogens is 1. The second-order valence-corrected chi connectivity index (χ2v) is 9.62. The van der Waals surface area contributed by atoms with Crippen LogP contribution >= 0.6 is 27.3 Å². The lowest BCUT2D eigenvalue weighted by Crippen LogP contribution is -2.32. The van der Waals surface area contributed by atoms with E-state index in [0.717, 1.165) is 15.8 Å². The minimum atomic E-state index is -0.623. The molecule has 9 heteroatoms. The Morgan fingerprint density at radius 2 is 1.86 bits per heavy atom. The first-order valence-electron chi connectivity index (χ1n) is 11.3. The molecular formula is C28H22BrN3O4S. The van der Waals surface area contributed by atoms with Gasteiger partial charge in [0.2, 0.25) is 0 Å². The quantitative estimate of drug-likeness (QED) is 0.356. The van der Waals surface area contributed by atoms with Crippen LogP contribution in [0.5, 0.6) is 11.5 Å². The van der Waals surface area contributed by atoms with Gasteiger partial charge >= 0.3 is 0 Å². The number of nitrogens with zero attached hydrogens (tertiary/aromatic N) is 2. The molecule has 1 amide bonds. The first-order chi connectivity index (χ1) is 17.9. The van der Waals surface area contributed by atoms with E-state index in [4.69, 9.17) is 9.47 Å². The van der Waals surface area contributed by atoms with E-state index in [2.05, 4.69) is 21.2 Å². The highest BCUT2D eigenvalue weighted by Gasteiger charge is 2.17. The summed E-state index contributed by atoms with van der Waals surface area (Å²) >= 11 is 4.54. The number of hydrogen-bond acceptors (Lipinski definition) is 6. The van der Waals surface area contributed by atoms with E-state index in [-0.39, 0.29) is 15.8 Å². The van der Waals surface area contributed by atoms with Gasteiger partial charge < -0.3 is 14.8 Å². The zero-order valence-corrected chi connectivity index (χ0v) is 22.4. The van der Waals surface area contributed by atoms with Crippen molar-refractivity contribution in [2.75, 3.05) is 19.0 Å². The van der Waals surface area contributed by atoms with E-state index in [1.165, 1.54) is 4.57 Å². The molecule has 0 bridgehead atoms. The number of halogens is 1. The van der Waals surface area contributed by atoms with Crippen LogP contribution in [-0.2, 0) is 4.79 Å². The van der Waals surface area contributed by atoms with Crippen LogP contribution in [0.3, 0.4) is 0 Å². The summed E-state index contributed by atoms with van der Waals surface area (Å²) < 4.78 is 13.7. The fraction of sp³-hybridized carbons (Fsp3) is 0.107. The molecule has 0 saturated carbocycles. The molecule has 0 radical (unpaired) electrons. The van der Waals surface area contributed by atoms with Crippen molar-refractivity contribution in [1.82, 2.24) is 4.57 Å². The normalized spacial score (nSPS) is 12.0. The van der Waals surface area contributed by atoms with Gasteiger partial charge in [-0.25, -0.2) is 0 Å². The number of benzene rings is 3. The Bertz CT molecular complexity index is 1650. The van der Waals surface area contributed by atoms with Crippen LogP contribution in [0.25, 0.3) is 17.3 Å². The van der Waals surface area contributed by atoms with Crippen molar-refractivity contribution < 1.29 is 14.3 Å². The molecule has 0 aliphatic carbocycles. The highest BCUT2D eigenvalue weighted by molar-refractivity contribution is 9.10. The molecule has 4 rings (SSSR count). The topological polar surface area (TPSA) is 93.3 Å². The predicted molar refractivity (Wildman–Crippen MR) is 149 cm³/mol. The zero-order chi connectivity index (χ0) is 26.4. The average molecular weight is 576 g/mol. The fourth-order valence-electron chi connectivity index (χ4n) is 3.59. The molecule has 0 fully saturated rings. The highest BCUT2D eigenvalue weighted by atomic mass is 79.9. The zero-order valence-electron chi connectivity index (χ0n) is 20.0. The maximum Gasteiger partial charge on any atom is 0.273 e. The summed E-state index contributed by atoms with van der Waals surface area (Å²) in [5.74, 6) is 0.633. The van der Waals surface area contributed by atoms with Crippen molar-refractivity contribution in [2.24, 2.45) is 0 Å². The van der Waals surface area contributed by atoms with Gasteiger partial charge in [0.05, 0.1) is 23.9 Å². The molecule has 0 saturated heterocycles. The van der Waals surface area contributed by atoms with E-state index in [9.17, 15) is 14.9 Å². The van der Waals surface area contributed by atoms with Crippen LogP contribution in [-0.4, -0.2) is 24.2 Å².